The highest BCUT2D eigenvalue weighted by Gasteiger charge is 2.55. The Bertz CT molecular complexity index is 992. The van der Waals surface area contributed by atoms with Crippen LogP contribution in [-0.2, 0) is 11.3 Å². The molecule has 1 fully saturated rings. The number of amidine groups is 1. The number of carbonyl (C=O) groups is 2. The van der Waals surface area contributed by atoms with Gasteiger partial charge in [0.25, 0.3) is 5.91 Å². The predicted molar refractivity (Wildman–Crippen MR) is 106 cm³/mol. The molecule has 0 N–H and O–H groups in total. The molecule has 146 valence electrons. The largest absolute Gasteiger partial charge is 0.417 e. The minimum absolute atomic E-state index is 0.0879. The monoisotopic (exact) mass is 381 g/mol. The van der Waals surface area contributed by atoms with Crippen LogP contribution >= 0.6 is 0 Å². The lowest BCUT2D eigenvalue weighted by molar-refractivity contribution is -0.559. The zero-order valence-corrected chi connectivity index (χ0v) is 17.1. The summed E-state index contributed by atoms with van der Waals surface area (Å²) in [4.78, 5) is 32.6. The summed E-state index contributed by atoms with van der Waals surface area (Å²) in [5.74, 6) is 0.818. The number of aliphatic imine (C=N–C) groups is 1. The quantitative estimate of drug-likeness (QED) is 0.730. The maximum Gasteiger partial charge on any atom is 0.417 e. The van der Waals surface area contributed by atoms with E-state index in [-0.39, 0.29) is 18.0 Å². The molecule has 0 radical (unpaired) electrons. The lowest BCUT2D eigenvalue weighted by Crippen LogP contribution is -2.63. The van der Waals surface area contributed by atoms with Gasteiger partial charge in [0.15, 0.2) is 0 Å². The molecular weight excluding hydrogens is 356 g/mol. The Morgan fingerprint density at radius 3 is 2.54 bits per heavy atom. The fraction of sp³-hybridized carbons (Fsp3) is 0.450. The number of hydrogen-bond acceptors (Lipinski definition) is 5. The molecule has 8 heteroatoms. The molecule has 3 aliphatic rings. The summed E-state index contributed by atoms with van der Waals surface area (Å²) in [7, 11) is 3.17. The van der Waals surface area contributed by atoms with Gasteiger partial charge in [-0.2, -0.15) is 0 Å². The van der Waals surface area contributed by atoms with Crippen molar-refractivity contribution in [3.8, 4) is 0 Å². The van der Waals surface area contributed by atoms with E-state index in [1.807, 2.05) is 23.4 Å². The SMILES string of the molecule is CC1=NN(Cc2cc(C)ccc2C)C2=[N+](C1C)C1C(=O)N(C)C(=O)N(C)C1=N2. The van der Waals surface area contributed by atoms with Gasteiger partial charge in [-0.1, -0.05) is 28.8 Å². The van der Waals surface area contributed by atoms with Gasteiger partial charge in [0.05, 0.1) is 5.71 Å². The zero-order valence-electron chi connectivity index (χ0n) is 17.1. The number of fused-ring (bicyclic) bond motifs is 2. The van der Waals surface area contributed by atoms with Crippen LogP contribution in [0.2, 0.25) is 0 Å². The van der Waals surface area contributed by atoms with Crippen LogP contribution in [0.15, 0.2) is 28.3 Å². The summed E-state index contributed by atoms with van der Waals surface area (Å²) in [5, 5.41) is 6.60. The summed E-state index contributed by atoms with van der Waals surface area (Å²) < 4.78 is 1.98. The summed E-state index contributed by atoms with van der Waals surface area (Å²) in [6, 6.07) is 5.27. The van der Waals surface area contributed by atoms with Crippen molar-refractivity contribution in [2.75, 3.05) is 14.1 Å². The molecule has 0 spiro atoms. The lowest BCUT2D eigenvalue weighted by Gasteiger charge is -2.33. The van der Waals surface area contributed by atoms with Crippen LogP contribution in [0.4, 0.5) is 4.79 Å². The van der Waals surface area contributed by atoms with Gasteiger partial charge in [0, 0.05) is 14.1 Å². The molecule has 1 aromatic rings. The maximum atomic E-state index is 12.9. The third-order valence-electron chi connectivity index (χ3n) is 5.81. The van der Waals surface area contributed by atoms with E-state index in [1.54, 1.807) is 7.05 Å². The molecule has 4 rings (SSSR count). The second-order valence-corrected chi connectivity index (χ2v) is 7.72. The number of guanidine groups is 1. The van der Waals surface area contributed by atoms with Crippen LogP contribution in [0.3, 0.4) is 0 Å². The van der Waals surface area contributed by atoms with E-state index in [1.165, 1.54) is 23.1 Å². The van der Waals surface area contributed by atoms with Gasteiger partial charge >= 0.3 is 12.0 Å². The van der Waals surface area contributed by atoms with Gasteiger partial charge in [-0.3, -0.25) is 14.6 Å². The van der Waals surface area contributed by atoms with E-state index < -0.39 is 6.04 Å². The third-order valence-corrected chi connectivity index (χ3v) is 5.81. The first kappa shape index (κ1) is 18.3. The number of urea groups is 1. The molecule has 0 saturated carbocycles. The van der Waals surface area contributed by atoms with Gasteiger partial charge in [-0.25, -0.2) is 9.37 Å². The first-order valence-corrected chi connectivity index (χ1v) is 9.38. The number of imide groups is 1. The molecule has 0 aromatic heterocycles. The Labute approximate surface area is 164 Å². The lowest BCUT2D eigenvalue weighted by atomic mass is 10.1. The van der Waals surface area contributed by atoms with Crippen molar-refractivity contribution in [3.63, 3.8) is 0 Å². The number of benzene rings is 1. The Kier molecular flexibility index (Phi) is 4.10. The topological polar surface area (TPSA) is 71.6 Å². The van der Waals surface area contributed by atoms with Crippen molar-refractivity contribution in [2.45, 2.75) is 46.3 Å². The van der Waals surface area contributed by atoms with Crippen LogP contribution in [0.5, 0.6) is 0 Å². The first-order chi connectivity index (χ1) is 13.2. The molecule has 0 aliphatic carbocycles. The van der Waals surface area contributed by atoms with Crippen molar-refractivity contribution in [2.24, 2.45) is 10.1 Å². The summed E-state index contributed by atoms with van der Waals surface area (Å²) in [5.41, 5.74) is 4.42. The average Bonchev–Trinajstić information content (AvgIpc) is 3.06. The van der Waals surface area contributed by atoms with E-state index in [2.05, 4.69) is 32.0 Å². The van der Waals surface area contributed by atoms with Crippen LogP contribution in [0, 0.1) is 13.8 Å². The number of nitrogens with zero attached hydrogens (tertiary/aromatic N) is 6. The second-order valence-electron chi connectivity index (χ2n) is 7.72. The molecule has 1 saturated heterocycles. The number of carbonyl (C=O) groups excluding carboxylic acids is 2. The third kappa shape index (κ3) is 2.55. The number of likely N-dealkylation sites (N-methyl/N-ethyl adjacent to an activating group) is 2. The number of hydrogen-bond donors (Lipinski definition) is 0. The summed E-state index contributed by atoms with van der Waals surface area (Å²) in [6.45, 7) is 8.66. The van der Waals surface area contributed by atoms with Gasteiger partial charge in [0.2, 0.25) is 11.9 Å². The Hall–Kier alpha value is -3.03. The summed E-state index contributed by atoms with van der Waals surface area (Å²) in [6.07, 6.45) is 0. The van der Waals surface area contributed by atoms with Crippen molar-refractivity contribution in [3.05, 3.63) is 34.9 Å². The van der Waals surface area contributed by atoms with Crippen molar-refractivity contribution >= 4 is 29.4 Å². The van der Waals surface area contributed by atoms with Gasteiger partial charge in [0.1, 0.15) is 12.6 Å². The minimum Gasteiger partial charge on any atom is -0.270 e. The summed E-state index contributed by atoms with van der Waals surface area (Å²) >= 11 is 0. The molecule has 3 amide bonds. The molecule has 2 unspecified atom stereocenters. The molecule has 3 aliphatic heterocycles. The average molecular weight is 381 g/mol. The minimum atomic E-state index is -0.607. The molecule has 0 bridgehead atoms. The van der Waals surface area contributed by atoms with E-state index in [0.29, 0.717) is 18.3 Å². The number of aryl methyl sites for hydroxylation is 2. The van der Waals surface area contributed by atoms with Gasteiger partial charge in [-0.15, -0.1) is 10.1 Å². The normalized spacial score (nSPS) is 24.4. The van der Waals surface area contributed by atoms with Crippen LogP contribution in [-0.4, -0.2) is 75.0 Å². The van der Waals surface area contributed by atoms with Gasteiger partial charge in [-0.05, 0) is 38.8 Å². The molecule has 28 heavy (non-hydrogen) atoms. The highest BCUT2D eigenvalue weighted by molar-refractivity contribution is 6.23. The smallest absolute Gasteiger partial charge is 0.270 e. The van der Waals surface area contributed by atoms with Gasteiger partial charge < -0.3 is 0 Å². The van der Waals surface area contributed by atoms with Crippen LogP contribution in [0.25, 0.3) is 0 Å². The molecule has 3 heterocycles. The molecule has 1 aromatic carbocycles. The second kappa shape index (κ2) is 6.25. The van der Waals surface area contributed by atoms with Crippen LogP contribution in [0.1, 0.15) is 30.5 Å². The van der Waals surface area contributed by atoms with E-state index in [4.69, 9.17) is 10.1 Å². The standard InChI is InChI=1S/C20H25N6O2/c1-11-7-8-12(2)15(9-11)10-25-19-21-17-16(26(19)14(4)13(3)22-25)18(27)24(6)20(28)23(17)5/h7-9,14,16H,10H2,1-6H3/q+1. The van der Waals surface area contributed by atoms with Crippen molar-refractivity contribution in [1.82, 2.24) is 14.8 Å². The number of hydrazone groups is 1. The number of rotatable bonds is 2. The van der Waals surface area contributed by atoms with Crippen molar-refractivity contribution in [1.29, 1.82) is 0 Å². The molecule has 2 atom stereocenters. The first-order valence-electron chi connectivity index (χ1n) is 9.38. The Balaban J connectivity index is 1.79. The Morgan fingerprint density at radius 1 is 1.11 bits per heavy atom. The Morgan fingerprint density at radius 2 is 1.82 bits per heavy atom. The zero-order chi connectivity index (χ0) is 20.3. The van der Waals surface area contributed by atoms with E-state index in [0.717, 1.165) is 16.2 Å². The molecular formula is C20H25N6O2+. The fourth-order valence-electron chi connectivity index (χ4n) is 3.90. The highest BCUT2D eigenvalue weighted by atomic mass is 16.2. The maximum absolute atomic E-state index is 12.9. The van der Waals surface area contributed by atoms with Crippen molar-refractivity contribution < 1.29 is 14.2 Å². The van der Waals surface area contributed by atoms with E-state index in [9.17, 15) is 9.59 Å². The highest BCUT2D eigenvalue weighted by Crippen LogP contribution is 2.26. The van der Waals surface area contributed by atoms with E-state index >= 15 is 0 Å². The fourth-order valence-corrected chi connectivity index (χ4v) is 3.90. The van der Waals surface area contributed by atoms with Crippen LogP contribution < -0.4 is 0 Å². The predicted octanol–water partition coefficient (Wildman–Crippen LogP) is 1.56. The molecule has 8 nitrogen and oxygen atoms in total. The number of amides is 3.